The van der Waals surface area contributed by atoms with Crippen molar-refractivity contribution in [3.63, 3.8) is 0 Å². The molecule has 2 heterocycles. The van der Waals surface area contributed by atoms with Crippen molar-refractivity contribution in [1.29, 1.82) is 0 Å². The lowest BCUT2D eigenvalue weighted by molar-refractivity contribution is 0.123. The molecule has 0 unspecified atom stereocenters. The predicted molar refractivity (Wildman–Crippen MR) is 101 cm³/mol. The van der Waals surface area contributed by atoms with Crippen LogP contribution >= 0.6 is 0 Å². The van der Waals surface area contributed by atoms with Gasteiger partial charge in [-0.25, -0.2) is 15.0 Å². The summed E-state index contributed by atoms with van der Waals surface area (Å²) in [7, 11) is 0. The lowest BCUT2D eigenvalue weighted by atomic mass is 10.2. The molecule has 0 fully saturated rings. The number of imidazole rings is 1. The SMILES string of the molecule is c1ccc(COCCc2ncnc3c2ncn3Cc2ccccc2)cc1. The molecule has 130 valence electrons. The number of aromatic nitrogens is 4. The first-order valence-corrected chi connectivity index (χ1v) is 8.70. The highest BCUT2D eigenvalue weighted by atomic mass is 16.5. The minimum Gasteiger partial charge on any atom is -0.376 e. The normalized spacial score (nSPS) is 11.1. The van der Waals surface area contributed by atoms with Crippen LogP contribution in [0.4, 0.5) is 0 Å². The average Bonchev–Trinajstić information content (AvgIpc) is 3.10. The Kier molecular flexibility index (Phi) is 4.98. The Morgan fingerprint density at radius 3 is 2.31 bits per heavy atom. The van der Waals surface area contributed by atoms with E-state index in [0.29, 0.717) is 19.6 Å². The highest BCUT2D eigenvalue weighted by Gasteiger charge is 2.10. The molecule has 0 N–H and O–H groups in total. The van der Waals surface area contributed by atoms with E-state index in [1.54, 1.807) is 6.33 Å². The number of ether oxygens (including phenoxy) is 1. The molecule has 0 bridgehead atoms. The fourth-order valence-electron chi connectivity index (χ4n) is 2.94. The lowest BCUT2D eigenvalue weighted by Crippen LogP contribution is -2.03. The molecule has 0 spiro atoms. The Bertz CT molecular complexity index is 967. The van der Waals surface area contributed by atoms with Gasteiger partial charge in [0.15, 0.2) is 5.65 Å². The molecule has 0 saturated carbocycles. The number of benzene rings is 2. The third kappa shape index (κ3) is 3.78. The van der Waals surface area contributed by atoms with Gasteiger partial charge in [-0.2, -0.15) is 0 Å². The number of fused-ring (bicyclic) bond motifs is 1. The van der Waals surface area contributed by atoms with E-state index < -0.39 is 0 Å². The van der Waals surface area contributed by atoms with Gasteiger partial charge in [0, 0.05) is 6.42 Å². The zero-order valence-electron chi connectivity index (χ0n) is 14.5. The number of hydrogen-bond donors (Lipinski definition) is 0. The second kappa shape index (κ2) is 7.89. The summed E-state index contributed by atoms with van der Waals surface area (Å²) < 4.78 is 7.84. The minimum atomic E-state index is 0.604. The van der Waals surface area contributed by atoms with E-state index in [1.165, 1.54) is 11.1 Å². The van der Waals surface area contributed by atoms with Crippen LogP contribution in [0.2, 0.25) is 0 Å². The van der Waals surface area contributed by atoms with Gasteiger partial charge < -0.3 is 9.30 Å². The van der Waals surface area contributed by atoms with E-state index in [0.717, 1.165) is 23.4 Å². The molecule has 0 radical (unpaired) electrons. The van der Waals surface area contributed by atoms with E-state index in [1.807, 2.05) is 42.7 Å². The molecule has 0 aliphatic carbocycles. The van der Waals surface area contributed by atoms with Crippen LogP contribution in [-0.4, -0.2) is 26.1 Å². The quantitative estimate of drug-likeness (QED) is 0.480. The van der Waals surface area contributed by atoms with Crippen molar-refractivity contribution in [1.82, 2.24) is 19.5 Å². The van der Waals surface area contributed by atoms with Crippen molar-refractivity contribution in [3.8, 4) is 0 Å². The Morgan fingerprint density at radius 1 is 0.808 bits per heavy atom. The van der Waals surface area contributed by atoms with Crippen molar-refractivity contribution in [2.75, 3.05) is 6.61 Å². The number of hydrogen-bond acceptors (Lipinski definition) is 4. The molecule has 2 aromatic heterocycles. The summed E-state index contributed by atoms with van der Waals surface area (Å²) in [4.78, 5) is 13.4. The number of rotatable bonds is 7. The summed E-state index contributed by atoms with van der Waals surface area (Å²) in [6, 6.07) is 20.5. The summed E-state index contributed by atoms with van der Waals surface area (Å²) >= 11 is 0. The van der Waals surface area contributed by atoms with Crippen LogP contribution in [0.3, 0.4) is 0 Å². The third-order valence-electron chi connectivity index (χ3n) is 4.27. The first kappa shape index (κ1) is 16.4. The topological polar surface area (TPSA) is 52.8 Å². The average molecular weight is 344 g/mol. The maximum atomic E-state index is 5.78. The maximum Gasteiger partial charge on any atom is 0.163 e. The Balaban J connectivity index is 1.43. The predicted octanol–water partition coefficient (Wildman–Crippen LogP) is 3.63. The van der Waals surface area contributed by atoms with Crippen molar-refractivity contribution in [2.24, 2.45) is 0 Å². The minimum absolute atomic E-state index is 0.604. The summed E-state index contributed by atoms with van der Waals surface area (Å²) in [6.45, 7) is 1.96. The first-order valence-electron chi connectivity index (χ1n) is 8.70. The first-order chi connectivity index (χ1) is 12.9. The Hall–Kier alpha value is -3.05. The van der Waals surface area contributed by atoms with Crippen LogP contribution in [0.5, 0.6) is 0 Å². The van der Waals surface area contributed by atoms with E-state index in [4.69, 9.17) is 4.74 Å². The van der Waals surface area contributed by atoms with Gasteiger partial charge in [-0.05, 0) is 11.1 Å². The molecule has 0 amide bonds. The smallest absolute Gasteiger partial charge is 0.163 e. The van der Waals surface area contributed by atoms with Gasteiger partial charge in [0.2, 0.25) is 0 Å². The van der Waals surface area contributed by atoms with Crippen molar-refractivity contribution in [2.45, 2.75) is 19.6 Å². The zero-order chi connectivity index (χ0) is 17.6. The maximum absolute atomic E-state index is 5.78. The summed E-state index contributed by atoms with van der Waals surface area (Å²) in [6.07, 6.45) is 4.16. The van der Waals surface area contributed by atoms with Crippen molar-refractivity contribution >= 4 is 11.2 Å². The van der Waals surface area contributed by atoms with Gasteiger partial charge in [-0.3, -0.25) is 0 Å². The van der Waals surface area contributed by atoms with Gasteiger partial charge in [0.25, 0.3) is 0 Å². The van der Waals surface area contributed by atoms with Gasteiger partial charge >= 0.3 is 0 Å². The molecular weight excluding hydrogens is 324 g/mol. The fourth-order valence-corrected chi connectivity index (χ4v) is 2.94. The van der Waals surface area contributed by atoms with Crippen molar-refractivity contribution in [3.05, 3.63) is 90.1 Å². The standard InChI is InChI=1S/C21H20N4O/c1-3-7-17(8-4-1)13-25-16-24-20-19(22-15-23-21(20)25)11-12-26-14-18-9-5-2-6-10-18/h1-10,15-16H,11-14H2. The van der Waals surface area contributed by atoms with Crippen LogP contribution in [0.15, 0.2) is 73.3 Å². The molecule has 2 aromatic carbocycles. The van der Waals surface area contributed by atoms with E-state index >= 15 is 0 Å². The van der Waals surface area contributed by atoms with Gasteiger partial charge in [-0.1, -0.05) is 60.7 Å². The lowest BCUT2D eigenvalue weighted by Gasteiger charge is -2.06. The van der Waals surface area contributed by atoms with Crippen molar-refractivity contribution < 1.29 is 4.74 Å². The molecule has 5 heteroatoms. The Labute approximate surface area is 152 Å². The highest BCUT2D eigenvalue weighted by Crippen LogP contribution is 2.15. The number of nitrogens with zero attached hydrogens (tertiary/aromatic N) is 4. The molecule has 0 atom stereocenters. The third-order valence-corrected chi connectivity index (χ3v) is 4.27. The molecule has 5 nitrogen and oxygen atoms in total. The molecule has 26 heavy (non-hydrogen) atoms. The largest absolute Gasteiger partial charge is 0.376 e. The second-order valence-electron chi connectivity index (χ2n) is 6.14. The molecule has 4 aromatic rings. The van der Waals surface area contributed by atoms with Crippen LogP contribution in [0, 0.1) is 0 Å². The summed E-state index contributed by atoms with van der Waals surface area (Å²) in [5, 5.41) is 0. The molecule has 4 rings (SSSR count). The highest BCUT2D eigenvalue weighted by molar-refractivity contribution is 5.73. The second-order valence-corrected chi connectivity index (χ2v) is 6.14. The zero-order valence-corrected chi connectivity index (χ0v) is 14.5. The summed E-state index contributed by atoms with van der Waals surface area (Å²) in [5.41, 5.74) is 5.04. The van der Waals surface area contributed by atoms with Crippen LogP contribution in [0.25, 0.3) is 11.2 Å². The molecular formula is C21H20N4O. The van der Waals surface area contributed by atoms with Gasteiger partial charge in [-0.15, -0.1) is 0 Å². The fraction of sp³-hybridized carbons (Fsp3) is 0.190. The molecule has 0 saturated heterocycles. The van der Waals surface area contributed by atoms with Gasteiger partial charge in [0.1, 0.15) is 11.8 Å². The Morgan fingerprint density at radius 2 is 1.54 bits per heavy atom. The summed E-state index contributed by atoms with van der Waals surface area (Å²) in [5.74, 6) is 0. The molecule has 0 aliphatic rings. The van der Waals surface area contributed by atoms with E-state index in [9.17, 15) is 0 Å². The molecule has 0 aliphatic heterocycles. The van der Waals surface area contributed by atoms with E-state index in [-0.39, 0.29) is 0 Å². The van der Waals surface area contributed by atoms with Crippen LogP contribution < -0.4 is 0 Å². The van der Waals surface area contributed by atoms with E-state index in [2.05, 4.69) is 43.8 Å². The van der Waals surface area contributed by atoms with Gasteiger partial charge in [0.05, 0.1) is 31.8 Å². The van der Waals surface area contributed by atoms with Crippen LogP contribution in [0.1, 0.15) is 16.8 Å². The monoisotopic (exact) mass is 344 g/mol. The van der Waals surface area contributed by atoms with Crippen LogP contribution in [-0.2, 0) is 24.3 Å².